The number of benzene rings is 1. The Kier molecular flexibility index (Phi) is 6.51. The molecule has 0 aliphatic heterocycles. The van der Waals surface area contributed by atoms with Crippen molar-refractivity contribution in [3.8, 4) is 5.40 Å². The largest absolute Gasteiger partial charge is 0.462 e. The summed E-state index contributed by atoms with van der Waals surface area (Å²) in [7, 11) is 0. The first-order valence-electron chi connectivity index (χ1n) is 7.54. The van der Waals surface area contributed by atoms with Crippen LogP contribution in [-0.4, -0.2) is 18.5 Å². The van der Waals surface area contributed by atoms with Gasteiger partial charge in [0.05, 0.1) is 17.1 Å². The molecule has 0 aliphatic rings. The normalized spacial score (nSPS) is 11.0. The van der Waals surface area contributed by atoms with E-state index < -0.39 is 23.6 Å². The number of hydrogen-bond acceptors (Lipinski definition) is 6. The molecule has 0 aliphatic carbocycles. The summed E-state index contributed by atoms with van der Waals surface area (Å²) in [6.45, 7) is 3.40. The molecule has 0 fully saturated rings. The SMILES string of the molecule is CCOC(=O)c1sc(NC(=O)c2cccc(C(F)(F)F)c2)c(SC#N)c1C. The van der Waals surface area contributed by atoms with E-state index in [-0.39, 0.29) is 22.0 Å². The fourth-order valence-electron chi connectivity index (χ4n) is 2.15. The molecule has 0 radical (unpaired) electrons. The lowest BCUT2D eigenvalue weighted by Gasteiger charge is -2.09. The first-order valence-corrected chi connectivity index (χ1v) is 9.17. The second-order valence-corrected chi connectivity index (χ2v) is 6.98. The smallest absolute Gasteiger partial charge is 0.416 e. The lowest BCUT2D eigenvalue weighted by Crippen LogP contribution is -2.13. The van der Waals surface area contributed by atoms with E-state index in [1.165, 1.54) is 6.07 Å². The molecule has 0 bridgehead atoms. The number of nitrogens with zero attached hydrogens (tertiary/aromatic N) is 1. The number of nitriles is 1. The fourth-order valence-corrected chi connectivity index (χ4v) is 3.95. The molecule has 1 aromatic heterocycles. The number of alkyl halides is 3. The lowest BCUT2D eigenvalue weighted by molar-refractivity contribution is -0.137. The Morgan fingerprint density at radius 1 is 1.37 bits per heavy atom. The molecule has 1 aromatic carbocycles. The molecular formula is C17H13F3N2O3S2. The first kappa shape index (κ1) is 20.8. The van der Waals surface area contributed by atoms with E-state index in [1.807, 2.05) is 5.40 Å². The number of nitrogens with one attached hydrogen (secondary N) is 1. The van der Waals surface area contributed by atoms with Crippen LogP contribution in [0.25, 0.3) is 0 Å². The van der Waals surface area contributed by atoms with Gasteiger partial charge in [0.1, 0.15) is 15.3 Å². The number of carbonyl (C=O) groups is 2. The molecule has 1 heterocycles. The van der Waals surface area contributed by atoms with Crippen LogP contribution in [0.1, 0.15) is 38.1 Å². The Morgan fingerprint density at radius 3 is 2.67 bits per heavy atom. The number of esters is 1. The molecule has 2 rings (SSSR count). The standard InChI is InChI=1S/C17H13F3N2O3S2/c1-3-25-16(24)13-9(2)12(26-8-21)15(27-13)22-14(23)10-5-4-6-11(7-10)17(18,19)20/h4-7H,3H2,1-2H3,(H,22,23). The quantitative estimate of drug-likeness (QED) is 0.419. The van der Waals surface area contributed by atoms with Crippen LogP contribution in [0.5, 0.6) is 0 Å². The van der Waals surface area contributed by atoms with Crippen molar-refractivity contribution in [3.63, 3.8) is 0 Å². The molecule has 0 spiro atoms. The molecule has 27 heavy (non-hydrogen) atoms. The summed E-state index contributed by atoms with van der Waals surface area (Å²) < 4.78 is 43.4. The van der Waals surface area contributed by atoms with Crippen LogP contribution in [0.15, 0.2) is 29.2 Å². The van der Waals surface area contributed by atoms with E-state index in [2.05, 4.69) is 5.32 Å². The molecule has 0 saturated heterocycles. The van der Waals surface area contributed by atoms with Crippen molar-refractivity contribution in [3.05, 3.63) is 45.8 Å². The number of anilines is 1. The number of thiocyanates is 1. The maximum Gasteiger partial charge on any atom is 0.416 e. The molecule has 2 aromatic rings. The van der Waals surface area contributed by atoms with Gasteiger partial charge in [-0.2, -0.15) is 18.4 Å². The van der Waals surface area contributed by atoms with Crippen LogP contribution >= 0.6 is 23.1 Å². The van der Waals surface area contributed by atoms with Crippen LogP contribution < -0.4 is 5.32 Å². The van der Waals surface area contributed by atoms with Crippen LogP contribution in [0, 0.1) is 17.6 Å². The van der Waals surface area contributed by atoms with Crippen molar-refractivity contribution in [2.24, 2.45) is 0 Å². The minimum atomic E-state index is -4.57. The second-order valence-electron chi connectivity index (χ2n) is 5.16. The number of hydrogen-bond donors (Lipinski definition) is 1. The van der Waals surface area contributed by atoms with Gasteiger partial charge in [-0.15, -0.1) is 11.3 Å². The van der Waals surface area contributed by atoms with E-state index in [9.17, 15) is 22.8 Å². The van der Waals surface area contributed by atoms with Crippen molar-refractivity contribution in [2.45, 2.75) is 24.9 Å². The van der Waals surface area contributed by atoms with Crippen molar-refractivity contribution >= 4 is 40.0 Å². The highest BCUT2D eigenvalue weighted by atomic mass is 32.2. The van der Waals surface area contributed by atoms with Crippen LogP contribution in [0.3, 0.4) is 0 Å². The Balaban J connectivity index is 2.36. The third-order valence-electron chi connectivity index (χ3n) is 3.38. The zero-order valence-electron chi connectivity index (χ0n) is 14.1. The highest BCUT2D eigenvalue weighted by Crippen LogP contribution is 2.40. The van der Waals surface area contributed by atoms with Crippen molar-refractivity contribution in [1.82, 2.24) is 0 Å². The number of rotatable bonds is 5. The molecule has 142 valence electrons. The molecule has 5 nitrogen and oxygen atoms in total. The minimum absolute atomic E-state index is 0.156. The Labute approximate surface area is 161 Å². The molecule has 0 atom stereocenters. The zero-order chi connectivity index (χ0) is 20.2. The summed E-state index contributed by atoms with van der Waals surface area (Å²) in [5.74, 6) is -1.38. The average Bonchev–Trinajstić information content (AvgIpc) is 2.91. The topological polar surface area (TPSA) is 79.2 Å². The number of halogens is 3. The van der Waals surface area contributed by atoms with Gasteiger partial charge in [0.2, 0.25) is 0 Å². The predicted octanol–water partition coefficient (Wildman–Crippen LogP) is 5.08. The molecule has 1 amide bonds. The van der Waals surface area contributed by atoms with E-state index in [0.717, 1.165) is 41.3 Å². The number of thioether (sulfide) groups is 1. The number of thiophene rings is 1. The molecule has 10 heteroatoms. The highest BCUT2D eigenvalue weighted by molar-refractivity contribution is 8.04. The fraction of sp³-hybridized carbons (Fsp3) is 0.235. The van der Waals surface area contributed by atoms with Gasteiger partial charge in [-0.05, 0) is 49.4 Å². The Bertz CT molecular complexity index is 917. The second kappa shape index (κ2) is 8.45. The van der Waals surface area contributed by atoms with Gasteiger partial charge < -0.3 is 10.1 Å². The van der Waals surface area contributed by atoms with Crippen molar-refractivity contribution < 1.29 is 27.5 Å². The van der Waals surface area contributed by atoms with Crippen LogP contribution in [-0.2, 0) is 10.9 Å². The number of carbonyl (C=O) groups excluding carboxylic acids is 2. The molecule has 0 unspecified atom stereocenters. The van der Waals surface area contributed by atoms with Crippen LogP contribution in [0.2, 0.25) is 0 Å². The zero-order valence-corrected chi connectivity index (χ0v) is 15.8. The highest BCUT2D eigenvalue weighted by Gasteiger charge is 2.31. The maximum absolute atomic E-state index is 12.8. The van der Waals surface area contributed by atoms with Crippen molar-refractivity contribution in [2.75, 3.05) is 11.9 Å². The molecule has 1 N–H and O–H groups in total. The summed E-state index contributed by atoms with van der Waals surface area (Å²) in [6.07, 6.45) is -4.57. The van der Waals surface area contributed by atoms with E-state index >= 15 is 0 Å². The van der Waals surface area contributed by atoms with Gasteiger partial charge in [-0.3, -0.25) is 4.79 Å². The Morgan fingerprint density at radius 2 is 2.07 bits per heavy atom. The summed E-state index contributed by atoms with van der Waals surface area (Å²) in [5.41, 5.74) is -0.679. The third kappa shape index (κ3) is 4.81. The Hall–Kier alpha value is -2.51. The van der Waals surface area contributed by atoms with Gasteiger partial charge in [0.25, 0.3) is 5.91 Å². The summed E-state index contributed by atoms with van der Waals surface area (Å²) in [4.78, 5) is 25.0. The van der Waals surface area contributed by atoms with E-state index in [1.54, 1.807) is 13.8 Å². The summed E-state index contributed by atoms with van der Waals surface area (Å²) in [6, 6.07) is 3.97. The van der Waals surface area contributed by atoms with Gasteiger partial charge in [0, 0.05) is 5.56 Å². The van der Waals surface area contributed by atoms with Gasteiger partial charge >= 0.3 is 12.1 Å². The van der Waals surface area contributed by atoms with Crippen LogP contribution in [0.4, 0.5) is 18.2 Å². The average molecular weight is 414 g/mol. The summed E-state index contributed by atoms with van der Waals surface area (Å²) >= 11 is 1.65. The molecular weight excluding hydrogens is 401 g/mol. The minimum Gasteiger partial charge on any atom is -0.462 e. The number of amides is 1. The van der Waals surface area contributed by atoms with Crippen molar-refractivity contribution in [1.29, 1.82) is 5.26 Å². The molecule has 0 saturated carbocycles. The van der Waals surface area contributed by atoms with Gasteiger partial charge in [-0.1, -0.05) is 6.07 Å². The first-order chi connectivity index (χ1) is 12.7. The monoisotopic (exact) mass is 414 g/mol. The van der Waals surface area contributed by atoms with E-state index in [4.69, 9.17) is 10.00 Å². The van der Waals surface area contributed by atoms with Gasteiger partial charge in [-0.25, -0.2) is 4.79 Å². The summed E-state index contributed by atoms with van der Waals surface area (Å²) in [5, 5.41) is 13.5. The predicted molar refractivity (Wildman–Crippen MR) is 95.9 cm³/mol. The van der Waals surface area contributed by atoms with E-state index in [0.29, 0.717) is 10.5 Å². The lowest BCUT2D eigenvalue weighted by atomic mass is 10.1. The third-order valence-corrected chi connectivity index (χ3v) is 5.50. The van der Waals surface area contributed by atoms with Gasteiger partial charge in [0.15, 0.2) is 0 Å². The number of ether oxygens (including phenoxy) is 1. The maximum atomic E-state index is 12.8.